The normalized spacial score (nSPS) is 11.2. The first-order valence-electron chi connectivity index (χ1n) is 8.82. The fourth-order valence-electron chi connectivity index (χ4n) is 2.97. The minimum Gasteiger partial charge on any atom is -0.508 e. The predicted octanol–water partition coefficient (Wildman–Crippen LogP) is 3.64. The second kappa shape index (κ2) is 7.47. The van der Waals surface area contributed by atoms with E-state index in [1.54, 1.807) is 4.68 Å². The van der Waals surface area contributed by atoms with Crippen molar-refractivity contribution in [1.82, 2.24) is 20.2 Å². The average molecular weight is 394 g/mol. The van der Waals surface area contributed by atoms with Crippen LogP contribution in [0.4, 0.5) is 0 Å². The Hall–Kier alpha value is -3.13. The zero-order chi connectivity index (χ0) is 19.7. The summed E-state index contributed by atoms with van der Waals surface area (Å²) in [7, 11) is 0. The van der Waals surface area contributed by atoms with E-state index in [4.69, 9.17) is 4.42 Å². The second-order valence-corrected chi connectivity index (χ2v) is 7.36. The van der Waals surface area contributed by atoms with E-state index in [9.17, 15) is 9.90 Å². The Morgan fingerprint density at radius 1 is 1.14 bits per heavy atom. The molecular weight excluding hydrogens is 376 g/mol. The van der Waals surface area contributed by atoms with Gasteiger partial charge in [0.05, 0.1) is 5.69 Å². The molecule has 0 aliphatic carbocycles. The Labute approximate surface area is 165 Å². The number of phenols is 1. The van der Waals surface area contributed by atoms with E-state index in [1.807, 2.05) is 44.2 Å². The van der Waals surface area contributed by atoms with Crippen molar-refractivity contribution in [2.24, 2.45) is 0 Å². The van der Waals surface area contributed by atoms with Gasteiger partial charge < -0.3 is 9.52 Å². The van der Waals surface area contributed by atoms with Gasteiger partial charge >= 0.3 is 5.63 Å². The lowest BCUT2D eigenvalue weighted by Gasteiger charge is -2.09. The van der Waals surface area contributed by atoms with Crippen molar-refractivity contribution in [1.29, 1.82) is 0 Å². The molecule has 0 saturated carbocycles. The fourth-order valence-corrected chi connectivity index (χ4v) is 3.85. The molecule has 0 saturated heterocycles. The molecule has 0 fully saturated rings. The molecule has 0 amide bonds. The van der Waals surface area contributed by atoms with Gasteiger partial charge in [-0.3, -0.25) is 0 Å². The summed E-state index contributed by atoms with van der Waals surface area (Å²) in [5.74, 6) is 0.619. The number of phenolic OH excluding ortho intramolecular Hbond substituents is 1. The van der Waals surface area contributed by atoms with Crippen LogP contribution in [0.5, 0.6) is 5.75 Å². The van der Waals surface area contributed by atoms with E-state index in [2.05, 4.69) is 15.5 Å². The van der Waals surface area contributed by atoms with Crippen molar-refractivity contribution < 1.29 is 9.52 Å². The molecule has 2 aromatic heterocycles. The third-order valence-corrected chi connectivity index (χ3v) is 5.45. The molecule has 0 bridgehead atoms. The Morgan fingerprint density at radius 2 is 1.93 bits per heavy atom. The number of aryl methyl sites for hydroxylation is 2. The van der Waals surface area contributed by atoms with Crippen LogP contribution < -0.4 is 5.63 Å². The molecule has 4 aromatic rings. The molecule has 28 heavy (non-hydrogen) atoms. The number of aromatic hydroxyl groups is 1. The van der Waals surface area contributed by atoms with E-state index in [-0.39, 0.29) is 5.75 Å². The highest BCUT2D eigenvalue weighted by Crippen LogP contribution is 2.30. The number of hydrogen-bond acceptors (Lipinski definition) is 7. The highest BCUT2D eigenvalue weighted by molar-refractivity contribution is 7.98. The largest absolute Gasteiger partial charge is 0.508 e. The maximum absolute atomic E-state index is 11.9. The lowest BCUT2D eigenvalue weighted by Crippen LogP contribution is -2.02. The maximum Gasteiger partial charge on any atom is 0.336 e. The molecule has 142 valence electrons. The number of nitrogens with zero attached hydrogens (tertiary/aromatic N) is 4. The molecule has 2 heterocycles. The lowest BCUT2D eigenvalue weighted by molar-refractivity contribution is 0.466. The summed E-state index contributed by atoms with van der Waals surface area (Å²) in [5.41, 5.74) is 3.56. The Balaban J connectivity index is 1.68. The molecule has 0 unspecified atom stereocenters. The fraction of sp³-hybridized carbons (Fsp3) is 0.200. The molecule has 0 aliphatic rings. The van der Waals surface area contributed by atoms with Crippen molar-refractivity contribution in [2.75, 3.05) is 0 Å². The summed E-state index contributed by atoms with van der Waals surface area (Å²) < 4.78 is 6.92. The third kappa shape index (κ3) is 3.50. The van der Waals surface area contributed by atoms with Gasteiger partial charge in [-0.1, -0.05) is 36.4 Å². The second-order valence-electron chi connectivity index (χ2n) is 6.42. The van der Waals surface area contributed by atoms with Gasteiger partial charge in [0.15, 0.2) is 0 Å². The highest BCUT2D eigenvalue weighted by Gasteiger charge is 2.13. The van der Waals surface area contributed by atoms with Crippen LogP contribution in [0, 0.1) is 6.92 Å². The highest BCUT2D eigenvalue weighted by atomic mass is 32.2. The van der Waals surface area contributed by atoms with Gasteiger partial charge in [0.2, 0.25) is 5.16 Å². The maximum atomic E-state index is 11.9. The summed E-state index contributed by atoms with van der Waals surface area (Å²) in [6.07, 6.45) is 0.680. The van der Waals surface area contributed by atoms with Crippen LogP contribution in [-0.4, -0.2) is 25.3 Å². The Kier molecular flexibility index (Phi) is 4.87. The van der Waals surface area contributed by atoms with Gasteiger partial charge in [0.1, 0.15) is 11.3 Å². The number of tetrazole rings is 1. The zero-order valence-corrected chi connectivity index (χ0v) is 16.2. The molecule has 1 N–H and O–H groups in total. The van der Waals surface area contributed by atoms with Crippen LogP contribution >= 0.6 is 11.8 Å². The van der Waals surface area contributed by atoms with Crippen molar-refractivity contribution >= 4 is 22.7 Å². The van der Waals surface area contributed by atoms with E-state index in [0.717, 1.165) is 27.8 Å². The van der Waals surface area contributed by atoms with Gasteiger partial charge in [-0.15, -0.1) is 5.10 Å². The molecule has 4 rings (SSSR count). The van der Waals surface area contributed by atoms with Gasteiger partial charge in [0, 0.05) is 23.3 Å². The van der Waals surface area contributed by atoms with Crippen molar-refractivity contribution in [3.63, 3.8) is 0 Å². The quantitative estimate of drug-likeness (QED) is 0.408. The monoisotopic (exact) mass is 394 g/mol. The minimum absolute atomic E-state index is 0.131. The average Bonchev–Trinajstić information content (AvgIpc) is 3.14. The van der Waals surface area contributed by atoms with Crippen molar-refractivity contribution in [2.45, 2.75) is 31.2 Å². The molecule has 7 nitrogen and oxygen atoms in total. The van der Waals surface area contributed by atoms with Crippen molar-refractivity contribution in [3.05, 3.63) is 69.6 Å². The molecule has 0 atom stereocenters. The number of benzene rings is 2. The standard InChI is InChI=1S/C20H18N4O3S/c1-3-13-8-16-14(9-19(26)27-18(16)10-17(13)25)11-28-20-21-22-23-24(20)15-6-4-12(2)5-7-15/h4-10,25H,3,11H2,1-2H3. The molecule has 2 aromatic carbocycles. The lowest BCUT2D eigenvalue weighted by atomic mass is 10.1. The van der Waals surface area contributed by atoms with E-state index in [0.29, 0.717) is 22.9 Å². The number of hydrogen-bond donors (Lipinski definition) is 1. The predicted molar refractivity (Wildman–Crippen MR) is 107 cm³/mol. The summed E-state index contributed by atoms with van der Waals surface area (Å²) in [5, 5.41) is 23.4. The van der Waals surface area contributed by atoms with Crippen LogP contribution in [-0.2, 0) is 12.2 Å². The molecule has 0 aliphatic heterocycles. The smallest absolute Gasteiger partial charge is 0.336 e. The van der Waals surface area contributed by atoms with Gasteiger partial charge in [0.25, 0.3) is 0 Å². The SMILES string of the molecule is CCc1cc2c(CSc3nnnn3-c3ccc(C)cc3)cc(=O)oc2cc1O. The topological polar surface area (TPSA) is 94.0 Å². The third-order valence-electron chi connectivity index (χ3n) is 4.49. The van der Waals surface area contributed by atoms with E-state index < -0.39 is 5.63 Å². The van der Waals surface area contributed by atoms with Crippen molar-refractivity contribution in [3.8, 4) is 11.4 Å². The summed E-state index contributed by atoms with van der Waals surface area (Å²) in [6, 6.07) is 12.8. The number of aromatic nitrogens is 4. The van der Waals surface area contributed by atoms with Crippen LogP contribution in [0.1, 0.15) is 23.6 Å². The Bertz CT molecular complexity index is 1200. The number of thioether (sulfide) groups is 1. The summed E-state index contributed by atoms with van der Waals surface area (Å²) in [4.78, 5) is 11.9. The number of fused-ring (bicyclic) bond motifs is 1. The van der Waals surface area contributed by atoms with Gasteiger partial charge in [-0.05, 0) is 53.1 Å². The van der Waals surface area contributed by atoms with Crippen LogP contribution in [0.2, 0.25) is 0 Å². The van der Waals surface area contributed by atoms with Gasteiger partial charge in [-0.25, -0.2) is 4.79 Å². The zero-order valence-electron chi connectivity index (χ0n) is 15.4. The van der Waals surface area contributed by atoms with Crippen LogP contribution in [0.3, 0.4) is 0 Å². The molecule has 8 heteroatoms. The first kappa shape index (κ1) is 18.2. The minimum atomic E-state index is -0.454. The number of rotatable bonds is 5. The molecule has 0 radical (unpaired) electrons. The van der Waals surface area contributed by atoms with E-state index in [1.165, 1.54) is 23.9 Å². The first-order chi connectivity index (χ1) is 13.5. The van der Waals surface area contributed by atoms with E-state index >= 15 is 0 Å². The van der Waals surface area contributed by atoms with Crippen LogP contribution in [0.15, 0.2) is 56.8 Å². The first-order valence-corrected chi connectivity index (χ1v) is 9.80. The van der Waals surface area contributed by atoms with Crippen LogP contribution in [0.25, 0.3) is 16.7 Å². The Morgan fingerprint density at radius 3 is 2.68 bits per heavy atom. The summed E-state index contributed by atoms with van der Waals surface area (Å²) >= 11 is 1.43. The summed E-state index contributed by atoms with van der Waals surface area (Å²) in [6.45, 7) is 3.98. The molecular formula is C20H18N4O3S. The molecule has 0 spiro atoms. The van der Waals surface area contributed by atoms with Gasteiger partial charge in [-0.2, -0.15) is 4.68 Å².